The van der Waals surface area contributed by atoms with Crippen molar-refractivity contribution < 1.29 is 9.53 Å². The fourth-order valence-corrected chi connectivity index (χ4v) is 4.89. The van der Waals surface area contributed by atoms with Crippen LogP contribution in [0.25, 0.3) is 0 Å². The van der Waals surface area contributed by atoms with Crippen LogP contribution in [0.5, 0.6) is 0 Å². The lowest BCUT2D eigenvalue weighted by atomic mass is 10.0. The fraction of sp³-hybridized carbons (Fsp3) is 0.912. The van der Waals surface area contributed by atoms with E-state index < -0.39 is 0 Å². The van der Waals surface area contributed by atoms with Crippen LogP contribution in [-0.4, -0.2) is 12.6 Å². The first-order chi connectivity index (χ1) is 17.8. The van der Waals surface area contributed by atoms with Crippen LogP contribution in [0.3, 0.4) is 0 Å². The van der Waals surface area contributed by atoms with Crippen LogP contribution in [0.15, 0.2) is 12.2 Å². The Morgan fingerprint density at radius 2 is 0.778 bits per heavy atom. The maximum absolute atomic E-state index is 11.9. The zero-order valence-electron chi connectivity index (χ0n) is 25.0. The summed E-state index contributed by atoms with van der Waals surface area (Å²) in [6.45, 7) is 5.18. The molecule has 0 radical (unpaired) electrons. The number of esters is 1. The molecular weight excluding hydrogens is 440 g/mol. The molecule has 0 heterocycles. The van der Waals surface area contributed by atoms with Gasteiger partial charge in [0.1, 0.15) is 0 Å². The predicted octanol–water partition coefficient (Wildman–Crippen LogP) is 12.0. The number of allylic oxidation sites excluding steroid dienone is 2. The Morgan fingerprint density at radius 3 is 1.22 bits per heavy atom. The van der Waals surface area contributed by atoms with Crippen molar-refractivity contribution in [2.45, 2.75) is 194 Å². The summed E-state index contributed by atoms with van der Waals surface area (Å²) in [6, 6.07) is 0. The third kappa shape index (κ3) is 31.2. The number of carbonyl (C=O) groups is 1. The number of unbranched alkanes of at least 4 members (excludes halogenated alkanes) is 24. The molecule has 0 spiro atoms. The summed E-state index contributed by atoms with van der Waals surface area (Å²) in [5.41, 5.74) is 0. The summed E-state index contributed by atoms with van der Waals surface area (Å²) in [5, 5.41) is 0. The van der Waals surface area contributed by atoms with Crippen molar-refractivity contribution in [1.82, 2.24) is 0 Å². The largest absolute Gasteiger partial charge is 0.466 e. The van der Waals surface area contributed by atoms with E-state index in [4.69, 9.17) is 4.74 Å². The summed E-state index contributed by atoms with van der Waals surface area (Å²) < 4.78 is 5.42. The molecule has 0 atom stereocenters. The second kappa shape index (κ2) is 32.2. The molecule has 0 fully saturated rings. The minimum Gasteiger partial charge on any atom is -0.466 e. The Hall–Kier alpha value is -0.790. The lowest BCUT2D eigenvalue weighted by Crippen LogP contribution is -2.05. The van der Waals surface area contributed by atoms with Crippen molar-refractivity contribution in [3.05, 3.63) is 12.2 Å². The molecule has 0 aromatic rings. The van der Waals surface area contributed by atoms with E-state index in [1.807, 2.05) is 0 Å². The van der Waals surface area contributed by atoms with Gasteiger partial charge in [0.05, 0.1) is 6.61 Å². The Bertz CT molecular complexity index is 442. The zero-order chi connectivity index (χ0) is 26.2. The Balaban J connectivity index is 3.18. The molecule has 2 nitrogen and oxygen atoms in total. The minimum atomic E-state index is 0.0196. The van der Waals surface area contributed by atoms with Crippen LogP contribution in [0, 0.1) is 0 Å². The van der Waals surface area contributed by atoms with Gasteiger partial charge in [-0.25, -0.2) is 0 Å². The molecule has 0 rings (SSSR count). The van der Waals surface area contributed by atoms with E-state index in [0.717, 1.165) is 12.8 Å². The van der Waals surface area contributed by atoms with Gasteiger partial charge in [-0.2, -0.15) is 0 Å². The van der Waals surface area contributed by atoms with Gasteiger partial charge in [0.25, 0.3) is 0 Å². The van der Waals surface area contributed by atoms with Crippen molar-refractivity contribution in [2.24, 2.45) is 0 Å². The first kappa shape index (κ1) is 35.2. The molecule has 214 valence electrons. The standard InChI is InChI=1S/C34H66O2/c1-3-5-7-9-11-13-15-17-19-20-22-24-26-28-30-32-34(35)36-33-31-29-27-25-23-21-18-16-14-12-10-8-6-4-2/h14,16H,3-13,15,17-33H2,1-2H3/b16-14-. The molecule has 0 aliphatic carbocycles. The third-order valence-corrected chi connectivity index (χ3v) is 7.40. The number of carbonyl (C=O) groups excluding carboxylic acids is 1. The smallest absolute Gasteiger partial charge is 0.305 e. The highest BCUT2D eigenvalue weighted by atomic mass is 16.5. The first-order valence-electron chi connectivity index (χ1n) is 16.6. The Morgan fingerprint density at radius 1 is 0.444 bits per heavy atom. The van der Waals surface area contributed by atoms with Gasteiger partial charge in [0.2, 0.25) is 0 Å². The maximum Gasteiger partial charge on any atom is 0.305 e. The molecule has 0 aliphatic rings. The van der Waals surface area contributed by atoms with Crippen LogP contribution in [0.2, 0.25) is 0 Å². The van der Waals surface area contributed by atoms with E-state index >= 15 is 0 Å². The SMILES string of the molecule is CCCCCC/C=C\CCCCCCCCOC(=O)CCCCCCCCCCCCCCCCC. The molecule has 0 bridgehead atoms. The van der Waals surface area contributed by atoms with Crippen molar-refractivity contribution in [3.63, 3.8) is 0 Å². The van der Waals surface area contributed by atoms with E-state index in [1.165, 1.54) is 161 Å². The van der Waals surface area contributed by atoms with Crippen LogP contribution in [-0.2, 0) is 9.53 Å². The molecule has 0 aromatic carbocycles. The summed E-state index contributed by atoms with van der Waals surface area (Å²) in [5.74, 6) is 0.0196. The topological polar surface area (TPSA) is 26.3 Å². The van der Waals surface area contributed by atoms with Crippen molar-refractivity contribution in [3.8, 4) is 0 Å². The maximum atomic E-state index is 11.9. The average molecular weight is 507 g/mol. The Labute approximate surface area is 227 Å². The third-order valence-electron chi connectivity index (χ3n) is 7.40. The monoisotopic (exact) mass is 507 g/mol. The lowest BCUT2D eigenvalue weighted by molar-refractivity contribution is -0.143. The number of hydrogen-bond donors (Lipinski definition) is 0. The van der Waals surface area contributed by atoms with Gasteiger partial charge in [-0.05, 0) is 38.5 Å². The van der Waals surface area contributed by atoms with Gasteiger partial charge in [0, 0.05) is 6.42 Å². The van der Waals surface area contributed by atoms with Gasteiger partial charge in [0.15, 0.2) is 0 Å². The quantitative estimate of drug-likeness (QED) is 0.0550. The molecule has 0 saturated carbocycles. The lowest BCUT2D eigenvalue weighted by Gasteiger charge is -2.05. The van der Waals surface area contributed by atoms with E-state index in [0.29, 0.717) is 13.0 Å². The molecular formula is C34H66O2. The highest BCUT2D eigenvalue weighted by Crippen LogP contribution is 2.14. The van der Waals surface area contributed by atoms with Crippen LogP contribution >= 0.6 is 0 Å². The summed E-state index contributed by atoms with van der Waals surface area (Å²) >= 11 is 0. The molecule has 0 aromatic heterocycles. The second-order valence-corrected chi connectivity index (χ2v) is 11.2. The normalized spacial score (nSPS) is 11.5. The summed E-state index contributed by atoms with van der Waals surface area (Å²) in [6.07, 6.45) is 41.2. The van der Waals surface area contributed by atoms with Gasteiger partial charge in [-0.15, -0.1) is 0 Å². The molecule has 2 heteroatoms. The summed E-state index contributed by atoms with van der Waals surface area (Å²) in [7, 11) is 0. The zero-order valence-corrected chi connectivity index (χ0v) is 25.0. The van der Waals surface area contributed by atoms with Gasteiger partial charge in [-0.1, -0.05) is 161 Å². The predicted molar refractivity (Wildman–Crippen MR) is 161 cm³/mol. The van der Waals surface area contributed by atoms with Crippen molar-refractivity contribution in [1.29, 1.82) is 0 Å². The van der Waals surface area contributed by atoms with Gasteiger partial charge < -0.3 is 4.74 Å². The number of rotatable bonds is 30. The van der Waals surface area contributed by atoms with Crippen LogP contribution in [0.1, 0.15) is 194 Å². The second-order valence-electron chi connectivity index (χ2n) is 11.2. The van der Waals surface area contributed by atoms with Crippen LogP contribution in [0.4, 0.5) is 0 Å². The van der Waals surface area contributed by atoms with E-state index in [2.05, 4.69) is 26.0 Å². The molecule has 0 saturated heterocycles. The number of ether oxygens (including phenoxy) is 1. The highest BCUT2D eigenvalue weighted by molar-refractivity contribution is 5.69. The molecule has 36 heavy (non-hydrogen) atoms. The number of hydrogen-bond acceptors (Lipinski definition) is 2. The summed E-state index contributed by atoms with van der Waals surface area (Å²) in [4.78, 5) is 11.9. The Kier molecular flexibility index (Phi) is 31.5. The van der Waals surface area contributed by atoms with E-state index in [-0.39, 0.29) is 5.97 Å². The fourth-order valence-electron chi connectivity index (χ4n) is 4.89. The molecule has 0 amide bonds. The molecule has 0 unspecified atom stereocenters. The van der Waals surface area contributed by atoms with Crippen LogP contribution < -0.4 is 0 Å². The average Bonchev–Trinajstić information content (AvgIpc) is 2.88. The minimum absolute atomic E-state index is 0.0196. The van der Waals surface area contributed by atoms with E-state index in [1.54, 1.807) is 0 Å². The molecule has 0 aliphatic heterocycles. The van der Waals surface area contributed by atoms with Crippen molar-refractivity contribution in [2.75, 3.05) is 6.61 Å². The van der Waals surface area contributed by atoms with Gasteiger partial charge >= 0.3 is 5.97 Å². The van der Waals surface area contributed by atoms with Crippen molar-refractivity contribution >= 4 is 5.97 Å². The highest BCUT2D eigenvalue weighted by Gasteiger charge is 2.02. The molecule has 0 N–H and O–H groups in total. The first-order valence-corrected chi connectivity index (χ1v) is 16.6. The van der Waals surface area contributed by atoms with E-state index in [9.17, 15) is 4.79 Å². The van der Waals surface area contributed by atoms with Gasteiger partial charge in [-0.3, -0.25) is 4.79 Å².